The van der Waals surface area contributed by atoms with Gasteiger partial charge in [-0.3, -0.25) is 4.79 Å². The van der Waals surface area contributed by atoms with Gasteiger partial charge in [-0.2, -0.15) is 0 Å². The van der Waals surface area contributed by atoms with Gasteiger partial charge >= 0.3 is 0 Å². The minimum Gasteiger partial charge on any atom is -0.611 e. The lowest BCUT2D eigenvalue weighted by Gasteiger charge is -2.23. The fraction of sp³-hybridized carbons (Fsp3) is 0.500. The molecule has 3 rings (SSSR count). The lowest BCUT2D eigenvalue weighted by Crippen LogP contribution is -2.33. The van der Waals surface area contributed by atoms with Crippen molar-refractivity contribution < 1.29 is 13.7 Å². The van der Waals surface area contributed by atoms with Crippen LogP contribution in [0.15, 0.2) is 40.8 Å². The van der Waals surface area contributed by atoms with E-state index in [0.717, 1.165) is 31.3 Å². The molecule has 1 aromatic rings. The molecule has 0 aromatic heterocycles. The molecule has 1 saturated heterocycles. The maximum Gasteiger partial charge on any atom is 0.249 e. The predicted molar refractivity (Wildman–Crippen MR) is 88.9 cm³/mol. The summed E-state index contributed by atoms with van der Waals surface area (Å²) in [5, 5.41) is -0.0625. The number of likely N-dealkylation sites (tertiary alicyclic amines) is 1. The summed E-state index contributed by atoms with van der Waals surface area (Å²) in [4.78, 5) is 15.0. The summed E-state index contributed by atoms with van der Waals surface area (Å²) in [5.41, 5.74) is 0.913. The Morgan fingerprint density at radius 2 is 2.04 bits per heavy atom. The van der Waals surface area contributed by atoms with Crippen LogP contribution < -0.4 is 0 Å². The number of halogens is 1. The monoisotopic (exact) mass is 335 g/mol. The first-order valence-corrected chi connectivity index (χ1v) is 9.40. The van der Waals surface area contributed by atoms with Crippen LogP contribution in [0.3, 0.4) is 0 Å². The number of rotatable bonds is 3. The number of allylic oxidation sites excluding steroid dienone is 1. The Morgan fingerprint density at radius 3 is 2.70 bits per heavy atom. The van der Waals surface area contributed by atoms with Crippen LogP contribution in [0.5, 0.6) is 0 Å². The van der Waals surface area contributed by atoms with Crippen molar-refractivity contribution in [3.63, 3.8) is 0 Å². The maximum atomic E-state index is 13.0. The molecule has 0 spiro atoms. The third kappa shape index (κ3) is 3.78. The molecule has 2 aliphatic rings. The van der Waals surface area contributed by atoms with Crippen molar-refractivity contribution in [2.75, 3.05) is 13.1 Å². The number of hydrogen-bond donors (Lipinski definition) is 0. The molecule has 0 radical (unpaired) electrons. The Morgan fingerprint density at radius 1 is 1.30 bits per heavy atom. The fourth-order valence-corrected chi connectivity index (χ4v) is 4.64. The smallest absolute Gasteiger partial charge is 0.249 e. The van der Waals surface area contributed by atoms with Gasteiger partial charge in [0.15, 0.2) is 4.90 Å². The Hall–Kier alpha value is -1.33. The number of carbonyl (C=O) groups is 1. The van der Waals surface area contributed by atoms with E-state index in [9.17, 15) is 13.7 Å². The topological polar surface area (TPSA) is 43.4 Å². The standard InChI is InChI=1S/C18H22FNO2S/c1-13-2-4-14(5-3-13)18(21)20-11-10-17(12-20)23(22)16-8-6-15(19)7-9-16/h4,6-9,13,17H,2-3,5,10-12H2,1H3/t13?,17-,23?/m0/s1. The summed E-state index contributed by atoms with van der Waals surface area (Å²) >= 11 is -1.19. The fourth-order valence-electron chi connectivity index (χ4n) is 3.21. The molecule has 1 amide bonds. The Balaban J connectivity index is 1.61. The number of carbonyl (C=O) groups excluding carboxylic acids is 1. The van der Waals surface area contributed by atoms with Gasteiger partial charge in [0.05, 0.1) is 6.54 Å². The van der Waals surface area contributed by atoms with Gasteiger partial charge in [0.1, 0.15) is 11.1 Å². The minimum atomic E-state index is -1.19. The van der Waals surface area contributed by atoms with E-state index >= 15 is 0 Å². The second-order valence-electron chi connectivity index (χ2n) is 6.52. The molecule has 124 valence electrons. The van der Waals surface area contributed by atoms with Crippen LogP contribution in [-0.2, 0) is 16.0 Å². The Bertz CT molecular complexity index is 602. The van der Waals surface area contributed by atoms with Gasteiger partial charge in [0.2, 0.25) is 5.91 Å². The lowest BCUT2D eigenvalue weighted by molar-refractivity contribution is -0.126. The molecular formula is C18H22FNO2S. The van der Waals surface area contributed by atoms with Crippen LogP contribution in [-0.4, -0.2) is 33.7 Å². The molecule has 2 unspecified atom stereocenters. The first-order valence-electron chi connectivity index (χ1n) is 8.19. The molecule has 0 saturated carbocycles. The molecule has 3 atom stereocenters. The van der Waals surface area contributed by atoms with Crippen LogP contribution in [0.4, 0.5) is 4.39 Å². The number of amides is 1. The van der Waals surface area contributed by atoms with E-state index in [0.29, 0.717) is 23.9 Å². The van der Waals surface area contributed by atoms with Crippen molar-refractivity contribution >= 4 is 17.1 Å². The van der Waals surface area contributed by atoms with Crippen LogP contribution in [0.25, 0.3) is 0 Å². The van der Waals surface area contributed by atoms with Crippen molar-refractivity contribution in [3.8, 4) is 0 Å². The lowest BCUT2D eigenvalue weighted by atomic mass is 9.90. The first kappa shape index (κ1) is 16.5. The van der Waals surface area contributed by atoms with Crippen molar-refractivity contribution in [3.05, 3.63) is 41.7 Å². The third-order valence-electron chi connectivity index (χ3n) is 4.73. The molecule has 1 fully saturated rings. The minimum absolute atomic E-state index is 0.0625. The van der Waals surface area contributed by atoms with Gasteiger partial charge in [-0.05, 0) is 60.6 Å². The highest BCUT2D eigenvalue weighted by Crippen LogP contribution is 2.28. The zero-order valence-electron chi connectivity index (χ0n) is 13.3. The van der Waals surface area contributed by atoms with Crippen molar-refractivity contribution in [2.24, 2.45) is 5.92 Å². The van der Waals surface area contributed by atoms with Crippen LogP contribution >= 0.6 is 0 Å². The number of hydrogen-bond acceptors (Lipinski definition) is 2. The quantitative estimate of drug-likeness (QED) is 0.796. The summed E-state index contributed by atoms with van der Waals surface area (Å²) < 4.78 is 25.6. The van der Waals surface area contributed by atoms with E-state index in [-0.39, 0.29) is 17.0 Å². The highest BCUT2D eigenvalue weighted by molar-refractivity contribution is 7.92. The summed E-state index contributed by atoms with van der Waals surface area (Å²) in [6.45, 7) is 3.38. The van der Waals surface area contributed by atoms with Gasteiger partial charge in [-0.15, -0.1) is 0 Å². The molecule has 3 nitrogen and oxygen atoms in total. The summed E-state index contributed by atoms with van der Waals surface area (Å²) in [6.07, 6.45) is 5.69. The molecule has 1 aromatic carbocycles. The van der Waals surface area contributed by atoms with E-state index in [4.69, 9.17) is 0 Å². The first-order chi connectivity index (χ1) is 11.0. The van der Waals surface area contributed by atoms with E-state index in [1.165, 1.54) is 12.1 Å². The van der Waals surface area contributed by atoms with Crippen molar-refractivity contribution in [2.45, 2.75) is 42.8 Å². The van der Waals surface area contributed by atoms with Crippen LogP contribution in [0, 0.1) is 11.7 Å². The third-order valence-corrected chi connectivity index (χ3v) is 6.46. The largest absolute Gasteiger partial charge is 0.611 e. The van der Waals surface area contributed by atoms with Crippen molar-refractivity contribution in [1.29, 1.82) is 0 Å². The highest BCUT2D eigenvalue weighted by Gasteiger charge is 2.36. The number of benzene rings is 1. The van der Waals surface area contributed by atoms with Gasteiger partial charge in [-0.1, -0.05) is 13.0 Å². The molecule has 23 heavy (non-hydrogen) atoms. The molecular weight excluding hydrogens is 313 g/mol. The SMILES string of the molecule is CC1CC=C(C(=O)N2CC[C@H]([S+]([O-])c3ccc(F)cc3)C2)CC1. The summed E-state index contributed by atoms with van der Waals surface area (Å²) in [7, 11) is 0. The average Bonchev–Trinajstić information content (AvgIpc) is 3.05. The van der Waals surface area contributed by atoms with Crippen LogP contribution in [0.1, 0.15) is 32.6 Å². The molecule has 1 aliphatic heterocycles. The predicted octanol–water partition coefficient (Wildman–Crippen LogP) is 3.28. The van der Waals surface area contributed by atoms with E-state index < -0.39 is 11.2 Å². The molecule has 0 bridgehead atoms. The van der Waals surface area contributed by atoms with Crippen LogP contribution in [0.2, 0.25) is 0 Å². The average molecular weight is 335 g/mol. The van der Waals surface area contributed by atoms with Gasteiger partial charge in [0.25, 0.3) is 0 Å². The van der Waals surface area contributed by atoms with Gasteiger partial charge in [-0.25, -0.2) is 4.39 Å². The summed E-state index contributed by atoms with van der Waals surface area (Å²) in [5.74, 6) is 0.437. The van der Waals surface area contributed by atoms with Gasteiger partial charge < -0.3 is 9.45 Å². The molecule has 0 N–H and O–H groups in total. The molecule has 5 heteroatoms. The summed E-state index contributed by atoms with van der Waals surface area (Å²) in [6, 6.07) is 5.81. The van der Waals surface area contributed by atoms with E-state index in [1.807, 2.05) is 4.90 Å². The van der Waals surface area contributed by atoms with Crippen molar-refractivity contribution in [1.82, 2.24) is 4.90 Å². The Labute approximate surface area is 139 Å². The molecule has 1 heterocycles. The zero-order valence-corrected chi connectivity index (χ0v) is 14.2. The second kappa shape index (κ2) is 7.05. The second-order valence-corrected chi connectivity index (χ2v) is 8.25. The normalized spacial score (nSPS) is 26.0. The number of nitrogens with zero attached hydrogens (tertiary/aromatic N) is 1. The zero-order chi connectivity index (χ0) is 16.4. The van der Waals surface area contributed by atoms with E-state index in [2.05, 4.69) is 13.0 Å². The Kier molecular flexibility index (Phi) is 5.07. The highest BCUT2D eigenvalue weighted by atomic mass is 32.2. The van der Waals surface area contributed by atoms with Gasteiger partial charge in [0, 0.05) is 18.5 Å². The van der Waals surface area contributed by atoms with E-state index in [1.54, 1.807) is 12.1 Å². The maximum absolute atomic E-state index is 13.0. The molecule has 1 aliphatic carbocycles.